The summed E-state index contributed by atoms with van der Waals surface area (Å²) in [5.41, 5.74) is 8.67. The van der Waals surface area contributed by atoms with Gasteiger partial charge in [0.15, 0.2) is 5.78 Å². The van der Waals surface area contributed by atoms with Gasteiger partial charge in [-0.05, 0) is 74.1 Å². The lowest BCUT2D eigenvalue weighted by atomic mass is 9.96. The van der Waals surface area contributed by atoms with E-state index in [2.05, 4.69) is 70.3 Å². The Labute approximate surface area is 222 Å². The van der Waals surface area contributed by atoms with E-state index in [4.69, 9.17) is 9.72 Å². The Morgan fingerprint density at radius 2 is 1.97 bits per heavy atom. The fraction of sp³-hybridized carbons (Fsp3) is 0.484. The molecule has 198 valence electrons. The predicted molar refractivity (Wildman–Crippen MR) is 153 cm³/mol. The average Bonchev–Trinajstić information content (AvgIpc) is 3.14. The van der Waals surface area contributed by atoms with Gasteiger partial charge < -0.3 is 19.4 Å². The number of unbranched alkanes of at least 4 members (excludes halogenated alkanes) is 1. The third kappa shape index (κ3) is 5.90. The van der Waals surface area contributed by atoms with Crippen molar-refractivity contribution in [1.29, 1.82) is 0 Å². The van der Waals surface area contributed by atoms with E-state index < -0.39 is 0 Å². The van der Waals surface area contributed by atoms with Gasteiger partial charge >= 0.3 is 0 Å². The van der Waals surface area contributed by atoms with Gasteiger partial charge in [-0.2, -0.15) is 0 Å². The lowest BCUT2D eigenvalue weighted by Crippen LogP contribution is -2.44. The van der Waals surface area contributed by atoms with Gasteiger partial charge in [0, 0.05) is 24.7 Å². The molecule has 3 heterocycles. The van der Waals surface area contributed by atoms with E-state index in [1.807, 2.05) is 19.1 Å². The number of hydrogen-bond donors (Lipinski definition) is 1. The second-order valence-corrected chi connectivity index (χ2v) is 11.5. The summed E-state index contributed by atoms with van der Waals surface area (Å²) in [6.07, 6.45) is 5.24. The minimum absolute atomic E-state index is 0.169. The highest BCUT2D eigenvalue weighted by atomic mass is 16.5. The van der Waals surface area contributed by atoms with Gasteiger partial charge in [0.1, 0.15) is 18.1 Å². The summed E-state index contributed by atoms with van der Waals surface area (Å²) in [6, 6.07) is 8.42. The fourth-order valence-electron chi connectivity index (χ4n) is 5.48. The number of allylic oxidation sites excluding steroid dienone is 1. The Morgan fingerprint density at radius 3 is 2.68 bits per heavy atom. The number of rotatable bonds is 8. The number of carbonyl (C=O) groups is 1. The zero-order chi connectivity index (χ0) is 26.9. The molecule has 0 bridgehead atoms. The van der Waals surface area contributed by atoms with Gasteiger partial charge in [-0.25, -0.2) is 0 Å². The molecule has 0 unspecified atom stereocenters. The maximum absolute atomic E-state index is 13.2. The second-order valence-electron chi connectivity index (χ2n) is 11.5. The lowest BCUT2D eigenvalue weighted by molar-refractivity contribution is -0.884. The Morgan fingerprint density at radius 1 is 1.22 bits per heavy atom. The van der Waals surface area contributed by atoms with E-state index in [-0.39, 0.29) is 5.78 Å². The smallest absolute Gasteiger partial charge is 0.163 e. The fourth-order valence-corrected chi connectivity index (χ4v) is 5.48. The molecule has 2 aliphatic heterocycles. The number of anilines is 2. The van der Waals surface area contributed by atoms with E-state index in [1.165, 1.54) is 16.8 Å². The minimum atomic E-state index is 0.169. The van der Waals surface area contributed by atoms with Crippen LogP contribution in [-0.2, 0) is 4.74 Å². The Kier molecular flexibility index (Phi) is 7.79. The summed E-state index contributed by atoms with van der Waals surface area (Å²) in [7, 11) is 8.28. The molecule has 1 aromatic heterocycles. The van der Waals surface area contributed by atoms with Crippen LogP contribution in [0.5, 0.6) is 0 Å². The number of aryl methyl sites for hydroxylation is 2. The van der Waals surface area contributed by atoms with Crippen LogP contribution >= 0.6 is 0 Å². The third-order valence-electron chi connectivity index (χ3n) is 7.64. The zero-order valence-corrected chi connectivity index (χ0v) is 23.9. The first kappa shape index (κ1) is 26.9. The third-order valence-corrected chi connectivity index (χ3v) is 7.64. The number of quaternary nitrogens is 1. The molecule has 0 atom stereocenters. The largest absolute Gasteiger partial charge is 0.500 e. The quantitative estimate of drug-likeness (QED) is 0.256. The van der Waals surface area contributed by atoms with E-state index in [0.29, 0.717) is 12.3 Å². The van der Waals surface area contributed by atoms with E-state index in [9.17, 15) is 4.79 Å². The number of benzene rings is 1. The van der Waals surface area contributed by atoms with Crippen molar-refractivity contribution >= 4 is 22.7 Å². The van der Waals surface area contributed by atoms with Crippen LogP contribution in [0.2, 0.25) is 0 Å². The maximum Gasteiger partial charge on any atom is 0.163 e. The number of likely N-dealkylation sites (N-methyl/N-ethyl adjacent to an activating group) is 1. The van der Waals surface area contributed by atoms with Gasteiger partial charge in [-0.15, -0.1) is 0 Å². The molecule has 0 fully saturated rings. The number of fused-ring (bicyclic) bond motifs is 1. The number of carbonyl (C=O) groups excluding carboxylic acids is 1. The van der Waals surface area contributed by atoms with Crippen LogP contribution in [0, 0.1) is 13.8 Å². The van der Waals surface area contributed by atoms with Crippen LogP contribution in [0.1, 0.15) is 78.3 Å². The molecular weight excluding hydrogens is 460 g/mol. The Bertz CT molecular complexity index is 1260. The van der Waals surface area contributed by atoms with Gasteiger partial charge in [-0.1, -0.05) is 13.8 Å². The zero-order valence-electron chi connectivity index (χ0n) is 23.9. The van der Waals surface area contributed by atoms with Crippen LogP contribution in [-0.4, -0.2) is 56.6 Å². The van der Waals surface area contributed by atoms with Gasteiger partial charge in [-0.3, -0.25) is 9.78 Å². The summed E-state index contributed by atoms with van der Waals surface area (Å²) >= 11 is 0. The summed E-state index contributed by atoms with van der Waals surface area (Å²) in [4.78, 5) is 20.2. The summed E-state index contributed by atoms with van der Waals surface area (Å²) in [6.45, 7) is 10.5. The average molecular weight is 504 g/mol. The van der Waals surface area contributed by atoms with Crippen LogP contribution in [0.3, 0.4) is 0 Å². The van der Waals surface area contributed by atoms with Crippen LogP contribution in [0.4, 0.5) is 11.4 Å². The summed E-state index contributed by atoms with van der Waals surface area (Å²) < 4.78 is 6.59. The summed E-state index contributed by atoms with van der Waals surface area (Å²) in [5, 5.41) is 3.55. The molecule has 6 nitrogen and oxygen atoms in total. The molecule has 2 aromatic rings. The molecule has 0 saturated carbocycles. The molecule has 0 amide bonds. The normalized spacial score (nSPS) is 17.9. The van der Waals surface area contributed by atoms with Crippen LogP contribution < -0.4 is 10.2 Å². The van der Waals surface area contributed by atoms with Crippen molar-refractivity contribution in [3.8, 4) is 0 Å². The molecule has 6 heteroatoms. The molecule has 0 saturated heterocycles. The number of aromatic nitrogens is 1. The number of hydrogen-bond acceptors (Lipinski definition) is 5. The Hall–Kier alpha value is -3.12. The van der Waals surface area contributed by atoms with Crippen molar-refractivity contribution in [2.75, 3.05) is 51.6 Å². The van der Waals surface area contributed by atoms with Crippen molar-refractivity contribution in [2.24, 2.45) is 0 Å². The molecule has 37 heavy (non-hydrogen) atoms. The highest BCUT2D eigenvalue weighted by Gasteiger charge is 2.29. The predicted octanol–water partition coefficient (Wildman–Crippen LogP) is 6.42. The minimum Gasteiger partial charge on any atom is -0.500 e. The number of nitrogens with one attached hydrogen (secondary N) is 1. The van der Waals surface area contributed by atoms with Gasteiger partial charge in [0.25, 0.3) is 0 Å². The molecule has 2 aliphatic rings. The van der Waals surface area contributed by atoms with Gasteiger partial charge in [0.05, 0.1) is 56.8 Å². The number of ether oxygens (including phenoxy) is 1. The number of methoxy groups -OCH3 is 1. The molecular formula is C31H43N4O2+. The number of ketones is 1. The lowest BCUT2D eigenvalue weighted by Gasteiger charge is -2.35. The molecule has 0 radical (unpaired) electrons. The van der Waals surface area contributed by atoms with E-state index >= 15 is 0 Å². The van der Waals surface area contributed by atoms with Crippen molar-refractivity contribution in [3.63, 3.8) is 0 Å². The topological polar surface area (TPSA) is 54.5 Å². The SMILES string of the molecule is COC1=C(c2cc(C(=O)CCC/C=C3/Nc4cc(C)c(C(C)C)cc4N3C)cc(C)n2)C[N+](C)(C)CC1. The Balaban J connectivity index is 1.42. The molecule has 1 N–H and O–H groups in total. The van der Waals surface area contributed by atoms with Gasteiger partial charge in [0.2, 0.25) is 0 Å². The number of Topliss-reactive ketones (excluding diaryl/α,β-unsaturated/α-hetero) is 1. The molecule has 4 rings (SSSR count). The monoisotopic (exact) mass is 503 g/mol. The first-order valence-corrected chi connectivity index (χ1v) is 13.4. The first-order chi connectivity index (χ1) is 17.5. The highest BCUT2D eigenvalue weighted by Crippen LogP contribution is 2.39. The van der Waals surface area contributed by atoms with Crippen LogP contribution in [0.15, 0.2) is 41.9 Å². The van der Waals surface area contributed by atoms with Crippen LogP contribution in [0.25, 0.3) is 5.57 Å². The molecule has 0 aliphatic carbocycles. The number of nitrogens with zero attached hydrogens (tertiary/aromatic N) is 3. The summed E-state index contributed by atoms with van der Waals surface area (Å²) in [5.74, 6) is 2.74. The number of pyridine rings is 1. The van der Waals surface area contributed by atoms with E-state index in [0.717, 1.165) is 76.6 Å². The molecule has 0 spiro atoms. The highest BCUT2D eigenvalue weighted by molar-refractivity contribution is 5.96. The van der Waals surface area contributed by atoms with E-state index in [1.54, 1.807) is 7.11 Å². The molecule has 1 aromatic carbocycles. The van der Waals surface area contributed by atoms with Crippen molar-refractivity contribution in [2.45, 2.75) is 59.3 Å². The maximum atomic E-state index is 13.2. The first-order valence-electron chi connectivity index (χ1n) is 13.4. The second kappa shape index (κ2) is 10.7. The standard InChI is InChI=1S/C31H43N4O2/c1-20(2)24-18-28-27(15-21(24)3)33-31(34(28)5)12-10-9-11-29(36)23-16-22(4)32-26(17-23)25-19-35(6,7)14-13-30(25)37-8/h12,15-18,20,33H,9-11,13-14,19H2,1-8H3/q+1/b31-12-. The van der Waals surface area contributed by atoms with Crippen molar-refractivity contribution in [3.05, 3.63) is 70.0 Å². The van der Waals surface area contributed by atoms with Crippen molar-refractivity contribution < 1.29 is 14.0 Å². The van der Waals surface area contributed by atoms with Crippen molar-refractivity contribution in [1.82, 2.24) is 4.98 Å².